The van der Waals surface area contributed by atoms with Crippen LogP contribution in [-0.2, 0) is 11.3 Å². The number of ether oxygens (including phenoxy) is 1. The Morgan fingerprint density at radius 1 is 1.04 bits per heavy atom. The molecule has 2 aromatic carbocycles. The Kier molecular flexibility index (Phi) is 3.18. The molecule has 6 nitrogen and oxygen atoms in total. The van der Waals surface area contributed by atoms with E-state index in [1.165, 1.54) is 12.1 Å². The summed E-state index contributed by atoms with van der Waals surface area (Å²) >= 11 is 0. The number of imide groups is 1. The number of carbonyl (C=O) groups excluding carboxylic acids is 3. The van der Waals surface area contributed by atoms with Crippen LogP contribution in [0.4, 0.5) is 0 Å². The number of rotatable bonds is 2. The summed E-state index contributed by atoms with van der Waals surface area (Å²) in [6.07, 6.45) is 0.663. The fraction of sp³-hybridized carbons (Fsp3) is 0.211. The summed E-state index contributed by atoms with van der Waals surface area (Å²) in [5.41, 5.74) is 1.10. The molecule has 2 aliphatic rings. The van der Waals surface area contributed by atoms with Crippen LogP contribution in [0.3, 0.4) is 0 Å². The number of nitrogens with zero attached hydrogens (tertiary/aromatic N) is 1. The molecule has 2 aliphatic heterocycles. The lowest BCUT2D eigenvalue weighted by molar-refractivity contribution is -0.0587. The maximum absolute atomic E-state index is 12.6. The van der Waals surface area contributed by atoms with E-state index in [-0.39, 0.29) is 16.7 Å². The average Bonchev–Trinajstić information content (AvgIpc) is 3.02. The van der Waals surface area contributed by atoms with E-state index >= 15 is 0 Å². The number of carbonyl (C=O) groups is 3. The summed E-state index contributed by atoms with van der Waals surface area (Å²) in [5.74, 6) is -1.66. The number of hydrogen-bond donors (Lipinski definition) is 0. The molecule has 2 amide bonds. The Balaban J connectivity index is 1.62. The van der Waals surface area contributed by atoms with E-state index in [0.29, 0.717) is 17.2 Å². The molecular formula is C19H15NO5. The van der Waals surface area contributed by atoms with Gasteiger partial charge in [0.05, 0.1) is 11.1 Å². The number of para-hydroxylation sites is 1. The van der Waals surface area contributed by atoms with Gasteiger partial charge in [-0.1, -0.05) is 29.3 Å². The van der Waals surface area contributed by atoms with Crippen molar-refractivity contribution in [3.8, 4) is 5.75 Å². The highest BCUT2D eigenvalue weighted by atomic mass is 16.7. The molecular weight excluding hydrogens is 322 g/mol. The van der Waals surface area contributed by atoms with Gasteiger partial charge in [-0.2, -0.15) is 0 Å². The van der Waals surface area contributed by atoms with Gasteiger partial charge in [0.15, 0.2) is 0 Å². The highest BCUT2D eigenvalue weighted by Gasteiger charge is 2.40. The van der Waals surface area contributed by atoms with Gasteiger partial charge in [-0.05, 0) is 37.6 Å². The van der Waals surface area contributed by atoms with Crippen molar-refractivity contribution in [2.45, 2.75) is 25.9 Å². The first-order valence-corrected chi connectivity index (χ1v) is 7.88. The molecule has 0 saturated heterocycles. The molecule has 0 radical (unpaired) electrons. The zero-order chi connectivity index (χ0) is 17.8. The molecule has 0 atom stereocenters. The minimum atomic E-state index is -0.802. The van der Waals surface area contributed by atoms with Crippen LogP contribution in [-0.4, -0.2) is 28.4 Å². The van der Waals surface area contributed by atoms with Crippen LogP contribution in [0.5, 0.6) is 5.75 Å². The first-order chi connectivity index (χ1) is 11.9. The molecule has 0 spiro atoms. The lowest BCUT2D eigenvalue weighted by Gasteiger charge is -2.18. The zero-order valence-electron chi connectivity index (χ0n) is 13.7. The van der Waals surface area contributed by atoms with Crippen molar-refractivity contribution in [3.05, 3.63) is 64.7 Å². The summed E-state index contributed by atoms with van der Waals surface area (Å²) in [4.78, 5) is 42.3. The molecule has 0 aliphatic carbocycles. The Morgan fingerprint density at radius 3 is 2.32 bits per heavy atom. The normalized spacial score (nSPS) is 17.1. The molecule has 0 saturated carbocycles. The highest BCUT2D eigenvalue weighted by Crippen LogP contribution is 2.38. The lowest BCUT2D eigenvalue weighted by atomic mass is 10.0. The van der Waals surface area contributed by atoms with Gasteiger partial charge in [-0.25, -0.2) is 4.79 Å². The van der Waals surface area contributed by atoms with E-state index in [1.54, 1.807) is 24.3 Å². The summed E-state index contributed by atoms with van der Waals surface area (Å²) in [5, 5.41) is 0.506. The summed E-state index contributed by atoms with van der Waals surface area (Å²) in [6, 6.07) is 11.5. The molecule has 2 heterocycles. The molecule has 0 unspecified atom stereocenters. The molecule has 2 aromatic rings. The van der Waals surface area contributed by atoms with Gasteiger partial charge in [0.25, 0.3) is 11.8 Å². The Labute approximate surface area is 143 Å². The summed E-state index contributed by atoms with van der Waals surface area (Å²) < 4.78 is 5.84. The van der Waals surface area contributed by atoms with Gasteiger partial charge in [0, 0.05) is 6.42 Å². The van der Waals surface area contributed by atoms with Crippen molar-refractivity contribution in [1.82, 2.24) is 5.06 Å². The Morgan fingerprint density at radius 2 is 1.68 bits per heavy atom. The fourth-order valence-corrected chi connectivity index (χ4v) is 3.16. The van der Waals surface area contributed by atoms with Crippen LogP contribution in [0.1, 0.15) is 50.5 Å². The van der Waals surface area contributed by atoms with Gasteiger partial charge in [0.1, 0.15) is 16.9 Å². The number of hydroxylamine groups is 2. The third-order valence-electron chi connectivity index (χ3n) is 4.24. The first kappa shape index (κ1) is 15.4. The Hall–Kier alpha value is -3.15. The maximum atomic E-state index is 12.6. The quantitative estimate of drug-likeness (QED) is 0.788. The molecule has 4 rings (SSSR count). The second-order valence-corrected chi connectivity index (χ2v) is 6.66. The topological polar surface area (TPSA) is 72.9 Å². The van der Waals surface area contributed by atoms with Gasteiger partial charge < -0.3 is 9.57 Å². The SMILES string of the molecule is CC1(C)Cc2cccc(C(=O)ON3C(=O)c4ccccc4C3=O)c2O1. The van der Waals surface area contributed by atoms with E-state index in [1.807, 2.05) is 19.9 Å². The number of hydrogen-bond acceptors (Lipinski definition) is 5. The molecule has 0 N–H and O–H groups in total. The van der Waals surface area contributed by atoms with E-state index in [9.17, 15) is 14.4 Å². The lowest BCUT2D eigenvalue weighted by Crippen LogP contribution is -2.33. The molecule has 6 heteroatoms. The van der Waals surface area contributed by atoms with E-state index in [2.05, 4.69) is 0 Å². The zero-order valence-corrected chi connectivity index (χ0v) is 13.7. The molecule has 25 heavy (non-hydrogen) atoms. The van der Waals surface area contributed by atoms with Crippen molar-refractivity contribution >= 4 is 17.8 Å². The number of amides is 2. The second kappa shape index (κ2) is 5.17. The molecule has 126 valence electrons. The maximum Gasteiger partial charge on any atom is 0.367 e. The van der Waals surface area contributed by atoms with Crippen LogP contribution < -0.4 is 4.74 Å². The van der Waals surface area contributed by atoms with Gasteiger partial charge in [-0.3, -0.25) is 9.59 Å². The largest absolute Gasteiger partial charge is 0.486 e. The number of fused-ring (bicyclic) bond motifs is 2. The predicted molar refractivity (Wildman–Crippen MR) is 87.2 cm³/mol. The van der Waals surface area contributed by atoms with Crippen LogP contribution in [0.2, 0.25) is 0 Å². The van der Waals surface area contributed by atoms with Crippen LogP contribution in [0.15, 0.2) is 42.5 Å². The highest BCUT2D eigenvalue weighted by molar-refractivity contribution is 6.21. The van der Waals surface area contributed by atoms with Crippen molar-refractivity contribution in [2.24, 2.45) is 0 Å². The smallest absolute Gasteiger partial charge is 0.367 e. The first-order valence-electron chi connectivity index (χ1n) is 7.88. The van der Waals surface area contributed by atoms with Gasteiger partial charge in [0.2, 0.25) is 0 Å². The third-order valence-corrected chi connectivity index (χ3v) is 4.24. The van der Waals surface area contributed by atoms with Gasteiger partial charge >= 0.3 is 5.97 Å². The standard InChI is InChI=1S/C19H15NO5/c1-19(2)10-11-6-5-9-14(15(11)24-19)18(23)25-20-16(21)12-7-3-4-8-13(12)17(20)22/h3-9H,10H2,1-2H3. The van der Waals surface area contributed by atoms with Crippen molar-refractivity contribution in [1.29, 1.82) is 0 Å². The summed E-state index contributed by atoms with van der Waals surface area (Å²) in [7, 11) is 0. The Bertz CT molecular complexity index is 896. The van der Waals surface area contributed by atoms with E-state index in [4.69, 9.17) is 9.57 Å². The monoisotopic (exact) mass is 337 g/mol. The van der Waals surface area contributed by atoms with Gasteiger partial charge in [-0.15, -0.1) is 0 Å². The van der Waals surface area contributed by atoms with Crippen molar-refractivity contribution in [3.63, 3.8) is 0 Å². The van der Waals surface area contributed by atoms with Crippen molar-refractivity contribution in [2.75, 3.05) is 0 Å². The fourth-order valence-electron chi connectivity index (χ4n) is 3.16. The predicted octanol–water partition coefficient (Wildman–Crippen LogP) is 2.77. The third kappa shape index (κ3) is 2.38. The molecule has 0 aromatic heterocycles. The summed E-state index contributed by atoms with van der Waals surface area (Å²) in [6.45, 7) is 3.85. The minimum absolute atomic E-state index is 0.194. The van der Waals surface area contributed by atoms with E-state index < -0.39 is 23.4 Å². The molecule has 0 fully saturated rings. The van der Waals surface area contributed by atoms with Crippen LogP contribution >= 0.6 is 0 Å². The second-order valence-electron chi connectivity index (χ2n) is 6.66. The average molecular weight is 337 g/mol. The van der Waals surface area contributed by atoms with E-state index in [0.717, 1.165) is 5.56 Å². The number of benzene rings is 2. The van der Waals surface area contributed by atoms with Crippen LogP contribution in [0.25, 0.3) is 0 Å². The molecule has 0 bridgehead atoms. The van der Waals surface area contributed by atoms with Crippen LogP contribution in [0, 0.1) is 0 Å². The van der Waals surface area contributed by atoms with Crippen molar-refractivity contribution < 1.29 is 24.0 Å². The minimum Gasteiger partial charge on any atom is -0.486 e.